The van der Waals surface area contributed by atoms with Gasteiger partial charge in [0.25, 0.3) is 5.91 Å². The van der Waals surface area contributed by atoms with E-state index in [0.717, 1.165) is 71.4 Å². The predicted molar refractivity (Wildman–Crippen MR) is 112 cm³/mol. The van der Waals surface area contributed by atoms with E-state index in [9.17, 15) is 9.59 Å². The summed E-state index contributed by atoms with van der Waals surface area (Å²) in [5.74, 6) is 1.11. The van der Waals surface area contributed by atoms with Crippen molar-refractivity contribution in [3.63, 3.8) is 0 Å². The van der Waals surface area contributed by atoms with Gasteiger partial charge in [-0.3, -0.25) is 9.59 Å². The number of methoxy groups -OCH3 is 1. The molecular formula is C23H34N2O5. The maximum atomic E-state index is 13.5. The van der Waals surface area contributed by atoms with Gasteiger partial charge in [-0.25, -0.2) is 0 Å². The summed E-state index contributed by atoms with van der Waals surface area (Å²) in [5, 5.41) is 0. The molecule has 1 aromatic rings. The summed E-state index contributed by atoms with van der Waals surface area (Å²) in [7, 11) is 1.74. The largest absolute Gasteiger partial charge is 0.468 e. The summed E-state index contributed by atoms with van der Waals surface area (Å²) in [4.78, 5) is 30.4. The molecule has 30 heavy (non-hydrogen) atoms. The van der Waals surface area contributed by atoms with Crippen molar-refractivity contribution in [1.29, 1.82) is 0 Å². The van der Waals surface area contributed by atoms with Crippen molar-refractivity contribution >= 4 is 11.7 Å². The van der Waals surface area contributed by atoms with Crippen LogP contribution in [0.25, 0.3) is 0 Å². The van der Waals surface area contributed by atoms with Crippen LogP contribution in [0.5, 0.6) is 0 Å². The van der Waals surface area contributed by atoms with Crippen molar-refractivity contribution in [1.82, 2.24) is 9.80 Å². The predicted octanol–water partition coefficient (Wildman–Crippen LogP) is 2.78. The Labute approximate surface area is 178 Å². The molecule has 0 bridgehead atoms. The molecule has 1 unspecified atom stereocenters. The Kier molecular flexibility index (Phi) is 7.23. The van der Waals surface area contributed by atoms with Crippen molar-refractivity contribution in [3.05, 3.63) is 23.2 Å². The Morgan fingerprint density at radius 2 is 2.03 bits per heavy atom. The second-order valence-electron chi connectivity index (χ2n) is 8.85. The first-order valence-corrected chi connectivity index (χ1v) is 11.4. The summed E-state index contributed by atoms with van der Waals surface area (Å²) in [5.41, 5.74) is 0.975. The molecular weight excluding hydrogens is 384 g/mol. The third kappa shape index (κ3) is 4.95. The number of aryl methyl sites for hydroxylation is 1. The third-order valence-corrected chi connectivity index (χ3v) is 6.72. The second-order valence-corrected chi connectivity index (χ2v) is 8.85. The Balaban J connectivity index is 1.44. The van der Waals surface area contributed by atoms with E-state index in [1.807, 2.05) is 4.90 Å². The fourth-order valence-corrected chi connectivity index (χ4v) is 4.95. The summed E-state index contributed by atoms with van der Waals surface area (Å²) in [6, 6.07) is 0. The topological polar surface area (TPSA) is 72.2 Å². The zero-order chi connectivity index (χ0) is 20.9. The van der Waals surface area contributed by atoms with Crippen LogP contribution in [0.1, 0.15) is 65.0 Å². The zero-order valence-electron chi connectivity index (χ0n) is 18.1. The minimum Gasteiger partial charge on any atom is -0.468 e. The first-order valence-electron chi connectivity index (χ1n) is 11.4. The van der Waals surface area contributed by atoms with Crippen LogP contribution in [0.3, 0.4) is 0 Å². The lowest BCUT2D eigenvalue weighted by Crippen LogP contribution is -2.44. The lowest BCUT2D eigenvalue weighted by molar-refractivity contribution is 0.0435. The van der Waals surface area contributed by atoms with E-state index in [1.54, 1.807) is 7.11 Å². The smallest absolute Gasteiger partial charge is 0.257 e. The quantitative estimate of drug-likeness (QED) is 0.646. The van der Waals surface area contributed by atoms with E-state index in [0.29, 0.717) is 42.3 Å². The summed E-state index contributed by atoms with van der Waals surface area (Å²) < 4.78 is 16.6. The average Bonchev–Trinajstić information content (AvgIpc) is 3.43. The van der Waals surface area contributed by atoms with Gasteiger partial charge in [-0.15, -0.1) is 0 Å². The fourth-order valence-electron chi connectivity index (χ4n) is 4.95. The van der Waals surface area contributed by atoms with Gasteiger partial charge in [-0.1, -0.05) is 0 Å². The molecule has 1 aromatic heterocycles. The van der Waals surface area contributed by atoms with E-state index in [2.05, 4.69) is 4.90 Å². The van der Waals surface area contributed by atoms with Crippen molar-refractivity contribution in [2.24, 2.45) is 5.92 Å². The third-order valence-electron chi connectivity index (χ3n) is 6.72. The molecule has 4 rings (SSSR count). The monoisotopic (exact) mass is 418 g/mol. The van der Waals surface area contributed by atoms with Gasteiger partial charge in [0.1, 0.15) is 12.0 Å². The molecule has 0 radical (unpaired) electrons. The SMILES string of the molecule is COCCN1CCC(CN(CC2CCCO2)C(=O)c2coc3c2C(=O)CCC3)CC1. The van der Waals surface area contributed by atoms with E-state index in [4.69, 9.17) is 13.9 Å². The number of rotatable bonds is 8. The van der Waals surface area contributed by atoms with Crippen molar-refractivity contribution in [2.45, 2.75) is 51.0 Å². The fraction of sp³-hybridized carbons (Fsp3) is 0.739. The number of amides is 1. The molecule has 3 aliphatic rings. The summed E-state index contributed by atoms with van der Waals surface area (Å²) >= 11 is 0. The number of furan rings is 1. The Morgan fingerprint density at radius 1 is 1.20 bits per heavy atom. The van der Waals surface area contributed by atoms with Gasteiger partial charge in [0.15, 0.2) is 5.78 Å². The molecule has 7 nitrogen and oxygen atoms in total. The van der Waals surface area contributed by atoms with E-state index < -0.39 is 0 Å². The highest BCUT2D eigenvalue weighted by Crippen LogP contribution is 2.29. The van der Waals surface area contributed by atoms with E-state index in [1.165, 1.54) is 6.26 Å². The number of Topliss-reactive ketones (excluding diaryl/α,β-unsaturated/α-hetero) is 1. The van der Waals surface area contributed by atoms with Crippen LogP contribution in [-0.4, -0.2) is 80.6 Å². The number of nitrogens with zero attached hydrogens (tertiary/aromatic N) is 2. The number of likely N-dealkylation sites (tertiary alicyclic amines) is 1. The molecule has 0 saturated carbocycles. The van der Waals surface area contributed by atoms with Crippen LogP contribution in [0.4, 0.5) is 0 Å². The number of ketones is 1. The number of carbonyl (C=O) groups excluding carboxylic acids is 2. The molecule has 1 amide bonds. The molecule has 0 aromatic carbocycles. The van der Waals surface area contributed by atoms with Gasteiger partial charge in [0, 0.05) is 46.2 Å². The molecule has 7 heteroatoms. The van der Waals surface area contributed by atoms with Gasteiger partial charge in [0.05, 0.1) is 23.8 Å². The molecule has 166 valence electrons. The molecule has 2 aliphatic heterocycles. The van der Waals surface area contributed by atoms with Crippen LogP contribution in [0, 0.1) is 5.92 Å². The Hall–Kier alpha value is -1.70. The molecule has 2 fully saturated rings. The average molecular weight is 419 g/mol. The summed E-state index contributed by atoms with van der Waals surface area (Å²) in [6.07, 6.45) is 7.81. The molecule has 1 aliphatic carbocycles. The highest BCUT2D eigenvalue weighted by Gasteiger charge is 2.33. The molecule has 3 heterocycles. The van der Waals surface area contributed by atoms with Gasteiger partial charge < -0.3 is 23.7 Å². The maximum absolute atomic E-state index is 13.5. The van der Waals surface area contributed by atoms with Crippen LogP contribution in [0.15, 0.2) is 10.7 Å². The standard InChI is InChI=1S/C23H34N2O5/c1-28-13-11-24-9-7-17(8-10-24)14-25(15-18-4-3-12-29-18)23(27)19-16-30-21-6-2-5-20(26)22(19)21/h16-18H,2-15H2,1H3. The normalized spacial score (nSPS) is 23.0. The van der Waals surface area contributed by atoms with E-state index in [-0.39, 0.29) is 17.8 Å². The van der Waals surface area contributed by atoms with E-state index >= 15 is 0 Å². The van der Waals surface area contributed by atoms with Gasteiger partial charge in [-0.2, -0.15) is 0 Å². The first kappa shape index (κ1) is 21.5. The number of hydrogen-bond donors (Lipinski definition) is 0. The van der Waals surface area contributed by atoms with Crippen molar-refractivity contribution in [3.8, 4) is 0 Å². The molecule has 0 spiro atoms. The number of hydrogen-bond acceptors (Lipinski definition) is 6. The number of fused-ring (bicyclic) bond motifs is 1. The van der Waals surface area contributed by atoms with Crippen LogP contribution in [-0.2, 0) is 15.9 Å². The maximum Gasteiger partial charge on any atom is 0.257 e. The highest BCUT2D eigenvalue weighted by atomic mass is 16.5. The minimum atomic E-state index is -0.0763. The minimum absolute atomic E-state index is 0.0388. The number of carbonyl (C=O) groups is 2. The molecule has 0 N–H and O–H groups in total. The molecule has 2 saturated heterocycles. The molecule has 1 atom stereocenters. The van der Waals surface area contributed by atoms with Gasteiger partial charge >= 0.3 is 0 Å². The van der Waals surface area contributed by atoms with Crippen LogP contribution >= 0.6 is 0 Å². The van der Waals surface area contributed by atoms with Crippen molar-refractivity contribution < 1.29 is 23.5 Å². The number of ether oxygens (including phenoxy) is 2. The highest BCUT2D eigenvalue weighted by molar-refractivity contribution is 6.09. The van der Waals surface area contributed by atoms with Gasteiger partial charge in [0.2, 0.25) is 0 Å². The Bertz CT molecular complexity index is 732. The van der Waals surface area contributed by atoms with Crippen molar-refractivity contribution in [2.75, 3.05) is 53.0 Å². The zero-order valence-corrected chi connectivity index (χ0v) is 18.1. The van der Waals surface area contributed by atoms with Gasteiger partial charge in [-0.05, 0) is 51.1 Å². The van der Waals surface area contributed by atoms with Crippen LogP contribution < -0.4 is 0 Å². The lowest BCUT2D eigenvalue weighted by Gasteiger charge is -2.35. The lowest BCUT2D eigenvalue weighted by atomic mass is 9.92. The Morgan fingerprint density at radius 3 is 2.77 bits per heavy atom. The van der Waals surface area contributed by atoms with Crippen LogP contribution in [0.2, 0.25) is 0 Å². The number of piperidine rings is 1. The second kappa shape index (κ2) is 10.1. The summed E-state index contributed by atoms with van der Waals surface area (Å²) in [6.45, 7) is 5.87. The first-order chi connectivity index (χ1) is 14.7.